The first-order valence-electron chi connectivity index (χ1n) is 12.6. The van der Waals surface area contributed by atoms with Crippen molar-refractivity contribution < 1.29 is 31.1 Å². The molecule has 0 aliphatic carbocycles. The lowest BCUT2D eigenvalue weighted by molar-refractivity contribution is -0.0931. The van der Waals surface area contributed by atoms with Gasteiger partial charge in [-0.1, -0.05) is 50.1 Å². The van der Waals surface area contributed by atoms with E-state index in [4.69, 9.17) is 27.9 Å². The molecule has 1 rings (SSSR count). The zero-order valence-corrected chi connectivity index (χ0v) is 25.7. The second kappa shape index (κ2) is 16.9. The molecule has 1 unspecified atom stereocenters. The minimum atomic E-state index is -4.86. The van der Waals surface area contributed by atoms with E-state index in [1.807, 2.05) is 0 Å². The number of nitrogens with zero attached hydrogens (tertiary/aromatic N) is 3. The quantitative estimate of drug-likeness (QED) is 0.0469. The fraction of sp³-hybridized carbons (Fsp3) is 0.258. The van der Waals surface area contributed by atoms with Crippen LogP contribution in [0.15, 0.2) is 130 Å². The second-order valence-electron chi connectivity index (χ2n) is 9.15. The van der Waals surface area contributed by atoms with Gasteiger partial charge in [-0.05, 0) is 78.2 Å². The summed E-state index contributed by atoms with van der Waals surface area (Å²) in [6.07, 6.45) is -5.15. The van der Waals surface area contributed by atoms with Crippen molar-refractivity contribution in [2.24, 2.45) is 10.3 Å². The van der Waals surface area contributed by atoms with Crippen molar-refractivity contribution in [3.8, 4) is 5.75 Å². The van der Waals surface area contributed by atoms with Gasteiger partial charge in [-0.3, -0.25) is 5.01 Å². The van der Waals surface area contributed by atoms with E-state index in [1.165, 1.54) is 18.2 Å². The molecule has 0 N–H and O–H groups in total. The summed E-state index contributed by atoms with van der Waals surface area (Å²) in [6.45, 7) is 17.0. The van der Waals surface area contributed by atoms with Crippen LogP contribution in [0.4, 0.5) is 26.3 Å². The van der Waals surface area contributed by atoms with Crippen molar-refractivity contribution >= 4 is 28.9 Å². The van der Waals surface area contributed by atoms with Gasteiger partial charge >= 0.3 is 12.4 Å². The Morgan fingerprint density at radius 1 is 1.07 bits per heavy atom. The fourth-order valence-corrected chi connectivity index (χ4v) is 3.69. The number of likely N-dealkylation sites (N-methyl/N-ethyl adjacent to an activating group) is 1. The first-order valence-corrected chi connectivity index (χ1v) is 13.4. The van der Waals surface area contributed by atoms with Gasteiger partial charge in [-0.2, -0.15) is 31.4 Å². The molecule has 44 heavy (non-hydrogen) atoms. The van der Waals surface area contributed by atoms with Crippen molar-refractivity contribution in [2.75, 3.05) is 13.7 Å². The van der Waals surface area contributed by atoms with Crippen LogP contribution >= 0.6 is 23.2 Å². The first-order chi connectivity index (χ1) is 20.3. The summed E-state index contributed by atoms with van der Waals surface area (Å²) in [5.41, 5.74) is -2.48. The van der Waals surface area contributed by atoms with Crippen molar-refractivity contribution in [1.82, 2.24) is 5.01 Å². The average Bonchev–Trinajstić information content (AvgIpc) is 2.93. The normalized spacial score (nSPS) is 14.8. The number of hydrogen-bond acceptors (Lipinski definition) is 5. The molecule has 1 aromatic rings. The number of ether oxygens (including phenoxy) is 1. The summed E-state index contributed by atoms with van der Waals surface area (Å²) in [5.74, 6) is 0.469. The van der Waals surface area contributed by atoms with E-state index in [0.29, 0.717) is 28.0 Å². The Bertz CT molecular complexity index is 1400. The molecule has 0 aromatic heterocycles. The van der Waals surface area contributed by atoms with Crippen LogP contribution in [0.25, 0.3) is 0 Å². The van der Waals surface area contributed by atoms with Gasteiger partial charge in [0.2, 0.25) is 0 Å². The summed E-state index contributed by atoms with van der Waals surface area (Å²) >= 11 is 11.7. The molecule has 0 heterocycles. The number of hydrogen-bond donors (Lipinski definition) is 0. The molecule has 0 saturated heterocycles. The predicted octanol–water partition coefficient (Wildman–Crippen LogP) is 10.4. The molecular weight excluding hydrogens is 631 g/mol. The maximum absolute atomic E-state index is 13.6. The smallest absolute Gasteiger partial charge is 0.435 e. The topological polar surface area (TPSA) is 54.3 Å². The molecule has 0 bridgehead atoms. The molecule has 238 valence electrons. The van der Waals surface area contributed by atoms with Gasteiger partial charge in [-0.15, -0.1) is 16.5 Å². The third-order valence-corrected chi connectivity index (χ3v) is 6.30. The Hall–Kier alpha value is -3.83. The van der Waals surface area contributed by atoms with Crippen molar-refractivity contribution in [3.05, 3.63) is 130 Å². The van der Waals surface area contributed by atoms with Crippen molar-refractivity contribution in [3.63, 3.8) is 0 Å². The van der Waals surface area contributed by atoms with Crippen LogP contribution < -0.4 is 4.74 Å². The maximum atomic E-state index is 13.6. The summed E-state index contributed by atoms with van der Waals surface area (Å²) in [4.78, 5) is 12.1. The van der Waals surface area contributed by atoms with E-state index in [0.717, 1.165) is 25.1 Å². The number of alkyl halides is 7. The van der Waals surface area contributed by atoms with Gasteiger partial charge < -0.3 is 4.74 Å². The van der Waals surface area contributed by atoms with Crippen LogP contribution in [-0.2, 0) is 0 Å². The molecule has 13 heteroatoms. The number of nitroso groups, excluding NO2 is 1. The van der Waals surface area contributed by atoms with Gasteiger partial charge in [0.1, 0.15) is 12.4 Å². The fourth-order valence-electron chi connectivity index (χ4n) is 3.38. The molecule has 0 spiro atoms. The van der Waals surface area contributed by atoms with Crippen LogP contribution in [0.2, 0.25) is 5.02 Å². The molecule has 0 saturated carbocycles. The SMILES string of the molecule is C=C/C=C(\C=C(/C(C)Cl)C(F)(F)F)C/C(N=O)=C(\C=C(\C)C(=C)COc1ccc(Cl)cc1)C(=C)N(C)/N=C(\C=C)C(F)(F)F. The summed E-state index contributed by atoms with van der Waals surface area (Å²) in [6, 6.07) is 6.47. The van der Waals surface area contributed by atoms with Gasteiger partial charge in [0.25, 0.3) is 0 Å². The lowest BCUT2D eigenvalue weighted by atomic mass is 9.98. The predicted molar refractivity (Wildman–Crippen MR) is 166 cm³/mol. The number of hydrazone groups is 1. The van der Waals surface area contributed by atoms with Crippen LogP contribution in [-0.4, -0.2) is 42.1 Å². The Labute approximate surface area is 262 Å². The molecule has 0 aliphatic heterocycles. The zero-order chi connectivity index (χ0) is 33.8. The van der Waals surface area contributed by atoms with E-state index in [9.17, 15) is 31.2 Å². The van der Waals surface area contributed by atoms with E-state index >= 15 is 0 Å². The van der Waals surface area contributed by atoms with Gasteiger partial charge in [0.05, 0.1) is 22.3 Å². The van der Waals surface area contributed by atoms with Crippen LogP contribution in [0.1, 0.15) is 20.3 Å². The highest BCUT2D eigenvalue weighted by molar-refractivity contribution is 6.30. The number of allylic oxidation sites excluding steroid dienone is 7. The first kappa shape index (κ1) is 38.2. The minimum Gasteiger partial charge on any atom is -0.489 e. The molecule has 1 atom stereocenters. The van der Waals surface area contributed by atoms with Crippen molar-refractivity contribution in [1.29, 1.82) is 0 Å². The summed E-state index contributed by atoms with van der Waals surface area (Å²) in [7, 11) is 1.14. The molecule has 0 aliphatic rings. The molecule has 5 nitrogen and oxygen atoms in total. The summed E-state index contributed by atoms with van der Waals surface area (Å²) < 4.78 is 86.7. The number of benzene rings is 1. The Morgan fingerprint density at radius 2 is 1.66 bits per heavy atom. The van der Waals surface area contributed by atoms with Crippen LogP contribution in [0, 0.1) is 4.91 Å². The monoisotopic (exact) mass is 661 g/mol. The highest BCUT2D eigenvalue weighted by Gasteiger charge is 2.37. The standard InChI is InChI=1S/C31H31Cl2F6N3O2/c1-8-10-23(16-27(21(5)32)30(34,35)36)17-28(41-43)26(22(6)42(7)40-29(9-2)31(37,38)39)15-19(3)20(4)18-44-25-13-11-24(33)12-14-25/h8-16,21H,1-2,4,6,17-18H2,3,5,7H3/b19-15-,23-10+,27-16+,28-26-,40-29+. The molecule has 0 radical (unpaired) electrons. The lowest BCUT2D eigenvalue weighted by Gasteiger charge is -2.21. The summed E-state index contributed by atoms with van der Waals surface area (Å²) in [5, 5.41) is 6.29. The van der Waals surface area contributed by atoms with Crippen LogP contribution in [0.5, 0.6) is 5.75 Å². The molecular formula is C31H31Cl2F6N3O2. The van der Waals surface area contributed by atoms with E-state index < -0.39 is 35.4 Å². The van der Waals surface area contributed by atoms with Crippen LogP contribution in [0.3, 0.4) is 0 Å². The Kier molecular flexibility index (Phi) is 14.6. The minimum absolute atomic E-state index is 0.0385. The highest BCUT2D eigenvalue weighted by Crippen LogP contribution is 2.34. The molecule has 1 aromatic carbocycles. The number of halogens is 8. The van der Waals surface area contributed by atoms with Crippen molar-refractivity contribution in [2.45, 2.75) is 38.0 Å². The Morgan fingerprint density at radius 3 is 2.11 bits per heavy atom. The largest absolute Gasteiger partial charge is 0.489 e. The highest BCUT2D eigenvalue weighted by atomic mass is 35.5. The Balaban J connectivity index is 3.75. The maximum Gasteiger partial charge on any atom is 0.435 e. The zero-order valence-electron chi connectivity index (χ0n) is 24.2. The third-order valence-electron chi connectivity index (χ3n) is 5.81. The second-order valence-corrected chi connectivity index (χ2v) is 10.2. The van der Waals surface area contributed by atoms with Gasteiger partial charge in [-0.25, -0.2) is 0 Å². The number of rotatable bonds is 15. The third kappa shape index (κ3) is 12.0. The van der Waals surface area contributed by atoms with E-state index in [2.05, 4.69) is 36.6 Å². The van der Waals surface area contributed by atoms with Gasteiger partial charge in [0, 0.05) is 24.1 Å². The lowest BCUT2D eigenvalue weighted by Crippen LogP contribution is -2.25. The van der Waals surface area contributed by atoms with Gasteiger partial charge in [0.15, 0.2) is 5.71 Å². The van der Waals surface area contributed by atoms with E-state index in [1.54, 1.807) is 31.2 Å². The van der Waals surface area contributed by atoms with E-state index in [-0.39, 0.29) is 29.1 Å². The molecule has 0 amide bonds. The molecule has 0 fully saturated rings. The average molecular weight is 663 g/mol.